The van der Waals surface area contributed by atoms with Crippen LogP contribution < -0.4 is 24.3 Å². The molecule has 158 valence electrons. The van der Waals surface area contributed by atoms with Gasteiger partial charge in [0, 0.05) is 22.7 Å². The van der Waals surface area contributed by atoms with E-state index < -0.39 is 12.5 Å². The molecule has 0 bridgehead atoms. The Bertz CT molecular complexity index is 1040. The van der Waals surface area contributed by atoms with Gasteiger partial charge in [0.2, 0.25) is 0 Å². The average molecular weight is 436 g/mol. The Morgan fingerprint density at radius 1 is 0.967 bits per heavy atom. The van der Waals surface area contributed by atoms with Crippen molar-refractivity contribution in [2.75, 3.05) is 26.6 Å². The number of aromatic nitrogens is 1. The Morgan fingerprint density at radius 3 is 2.30 bits per heavy atom. The molecule has 1 heterocycles. The second kappa shape index (κ2) is 9.40. The van der Waals surface area contributed by atoms with Crippen LogP contribution in [0.2, 0.25) is 0 Å². The molecular formula is C20H18F2N2O5S. The molecule has 1 N–H and O–H groups in total. The summed E-state index contributed by atoms with van der Waals surface area (Å²) in [4.78, 5) is 16.9. The number of thiazole rings is 1. The van der Waals surface area contributed by atoms with Crippen LogP contribution in [0.25, 0.3) is 10.6 Å². The Kier molecular flexibility index (Phi) is 6.68. The van der Waals surface area contributed by atoms with E-state index in [4.69, 9.17) is 14.2 Å². The van der Waals surface area contributed by atoms with Crippen molar-refractivity contribution in [1.82, 2.24) is 4.98 Å². The van der Waals surface area contributed by atoms with Gasteiger partial charge in [-0.05, 0) is 30.3 Å². The number of nitrogens with one attached hydrogen (secondary N) is 1. The molecule has 0 unspecified atom stereocenters. The lowest BCUT2D eigenvalue weighted by Gasteiger charge is -2.11. The zero-order valence-corrected chi connectivity index (χ0v) is 17.1. The van der Waals surface area contributed by atoms with Gasteiger partial charge in [-0.1, -0.05) is 0 Å². The van der Waals surface area contributed by atoms with Gasteiger partial charge in [0.15, 0.2) is 23.0 Å². The number of ether oxygens (including phenoxy) is 4. The molecule has 2 aromatic carbocycles. The van der Waals surface area contributed by atoms with Gasteiger partial charge >= 0.3 is 6.61 Å². The fraction of sp³-hybridized carbons (Fsp3) is 0.200. The molecule has 0 fully saturated rings. The van der Waals surface area contributed by atoms with Gasteiger partial charge in [-0.15, -0.1) is 11.3 Å². The summed E-state index contributed by atoms with van der Waals surface area (Å²) in [6.07, 6.45) is 0. The molecular weight excluding hydrogens is 418 g/mol. The van der Waals surface area contributed by atoms with Gasteiger partial charge in [0.05, 0.1) is 21.3 Å². The Hall–Kier alpha value is -3.40. The number of carbonyl (C=O) groups excluding carboxylic acids is 1. The minimum atomic E-state index is -3.02. The Labute approximate surface area is 175 Å². The van der Waals surface area contributed by atoms with Crippen LogP contribution in [0, 0.1) is 0 Å². The molecule has 1 aromatic heterocycles. The maximum Gasteiger partial charge on any atom is 0.387 e. The van der Waals surface area contributed by atoms with Crippen LogP contribution in [0.15, 0.2) is 41.8 Å². The van der Waals surface area contributed by atoms with E-state index in [1.165, 1.54) is 43.8 Å². The number of methoxy groups -OCH3 is 3. The molecule has 0 aliphatic rings. The predicted molar refractivity (Wildman–Crippen MR) is 108 cm³/mol. The van der Waals surface area contributed by atoms with Gasteiger partial charge in [0.1, 0.15) is 10.7 Å². The van der Waals surface area contributed by atoms with Crippen LogP contribution in [0.4, 0.5) is 14.5 Å². The van der Waals surface area contributed by atoms with Gasteiger partial charge in [-0.2, -0.15) is 8.78 Å². The van der Waals surface area contributed by atoms with Crippen LogP contribution in [0.3, 0.4) is 0 Å². The van der Waals surface area contributed by atoms with E-state index in [0.717, 1.165) is 5.56 Å². The number of hydrogen-bond acceptors (Lipinski definition) is 7. The smallest absolute Gasteiger partial charge is 0.387 e. The summed E-state index contributed by atoms with van der Waals surface area (Å²) in [5, 5.41) is 4.82. The molecule has 0 saturated heterocycles. The Morgan fingerprint density at radius 2 is 1.63 bits per heavy atom. The minimum absolute atomic E-state index is 0.123. The first-order chi connectivity index (χ1) is 14.4. The summed E-state index contributed by atoms with van der Waals surface area (Å²) < 4.78 is 45.0. The number of rotatable bonds is 8. The van der Waals surface area contributed by atoms with Gasteiger partial charge in [-0.25, -0.2) is 4.98 Å². The lowest BCUT2D eigenvalue weighted by atomic mass is 10.2. The molecule has 0 radical (unpaired) electrons. The third-order valence-corrected chi connectivity index (χ3v) is 4.90. The van der Waals surface area contributed by atoms with Crippen molar-refractivity contribution in [3.63, 3.8) is 0 Å². The highest BCUT2D eigenvalue weighted by Gasteiger charge is 2.16. The third-order valence-electron chi connectivity index (χ3n) is 4.00. The quantitative estimate of drug-likeness (QED) is 0.552. The van der Waals surface area contributed by atoms with Crippen LogP contribution >= 0.6 is 11.3 Å². The summed E-state index contributed by atoms with van der Waals surface area (Å²) in [7, 11) is 4.40. The van der Waals surface area contributed by atoms with Crippen LogP contribution in [0.1, 0.15) is 10.5 Å². The van der Waals surface area contributed by atoms with Crippen molar-refractivity contribution >= 4 is 22.9 Å². The van der Waals surface area contributed by atoms with Gasteiger partial charge < -0.3 is 24.3 Å². The maximum absolute atomic E-state index is 12.6. The molecule has 0 spiro atoms. The zero-order valence-electron chi connectivity index (χ0n) is 16.3. The maximum atomic E-state index is 12.6. The van der Waals surface area contributed by atoms with Crippen molar-refractivity contribution in [2.24, 2.45) is 0 Å². The SMILES string of the molecule is COc1ccc(-c2nc(C(=O)Nc3ccc(OC)c(OC(F)F)c3)cs2)cc1OC. The molecule has 3 aromatic rings. The van der Waals surface area contributed by atoms with Crippen molar-refractivity contribution in [2.45, 2.75) is 6.61 Å². The van der Waals surface area contributed by atoms with E-state index in [-0.39, 0.29) is 22.9 Å². The average Bonchev–Trinajstić information content (AvgIpc) is 3.23. The molecule has 30 heavy (non-hydrogen) atoms. The number of halogens is 2. The summed E-state index contributed by atoms with van der Waals surface area (Å²) in [5.41, 5.74) is 1.20. The molecule has 7 nitrogen and oxygen atoms in total. The molecule has 1 amide bonds. The van der Waals surface area contributed by atoms with Crippen molar-refractivity contribution in [3.8, 4) is 33.6 Å². The lowest BCUT2D eigenvalue weighted by molar-refractivity contribution is -0.0511. The number of anilines is 1. The van der Waals surface area contributed by atoms with Crippen LogP contribution in [-0.2, 0) is 0 Å². The minimum Gasteiger partial charge on any atom is -0.493 e. The van der Waals surface area contributed by atoms with E-state index in [1.54, 1.807) is 30.7 Å². The van der Waals surface area contributed by atoms with Gasteiger partial charge in [0.25, 0.3) is 5.91 Å². The highest BCUT2D eigenvalue weighted by molar-refractivity contribution is 7.13. The summed E-state index contributed by atoms with van der Waals surface area (Å²) >= 11 is 1.28. The second-order valence-corrected chi connectivity index (χ2v) is 6.66. The third kappa shape index (κ3) is 4.77. The van der Waals surface area contributed by atoms with E-state index in [1.807, 2.05) is 0 Å². The number of amides is 1. The second-order valence-electron chi connectivity index (χ2n) is 5.81. The largest absolute Gasteiger partial charge is 0.493 e. The summed E-state index contributed by atoms with van der Waals surface area (Å²) in [5.74, 6) is 0.566. The zero-order chi connectivity index (χ0) is 21.7. The fourth-order valence-electron chi connectivity index (χ4n) is 2.62. The number of hydrogen-bond donors (Lipinski definition) is 1. The first-order valence-electron chi connectivity index (χ1n) is 8.57. The number of carbonyl (C=O) groups is 1. The standard InChI is InChI=1S/C20H18F2N2O5S/c1-26-14-6-4-11(8-16(14)28-3)19-24-13(10-30-19)18(25)23-12-5-7-15(27-2)17(9-12)29-20(21)22/h4-10,20H,1-3H3,(H,23,25). The topological polar surface area (TPSA) is 78.9 Å². The van der Waals surface area contributed by atoms with Crippen molar-refractivity contribution in [1.29, 1.82) is 0 Å². The highest BCUT2D eigenvalue weighted by Crippen LogP contribution is 2.34. The number of nitrogens with zero attached hydrogens (tertiary/aromatic N) is 1. The van der Waals surface area contributed by atoms with E-state index in [0.29, 0.717) is 16.5 Å². The van der Waals surface area contributed by atoms with Crippen molar-refractivity contribution in [3.05, 3.63) is 47.5 Å². The van der Waals surface area contributed by atoms with Crippen LogP contribution in [-0.4, -0.2) is 38.8 Å². The first-order valence-corrected chi connectivity index (χ1v) is 9.45. The van der Waals surface area contributed by atoms with E-state index >= 15 is 0 Å². The van der Waals surface area contributed by atoms with E-state index in [2.05, 4.69) is 15.0 Å². The highest BCUT2D eigenvalue weighted by atomic mass is 32.1. The van der Waals surface area contributed by atoms with Crippen molar-refractivity contribution < 1.29 is 32.5 Å². The normalized spacial score (nSPS) is 10.6. The Balaban J connectivity index is 1.79. The molecule has 0 aliphatic heterocycles. The van der Waals surface area contributed by atoms with Gasteiger partial charge in [-0.3, -0.25) is 4.79 Å². The lowest BCUT2D eigenvalue weighted by Crippen LogP contribution is -2.12. The first kappa shape index (κ1) is 21.3. The number of alkyl halides is 2. The molecule has 3 rings (SSSR count). The van der Waals surface area contributed by atoms with Crippen LogP contribution in [0.5, 0.6) is 23.0 Å². The summed E-state index contributed by atoms with van der Waals surface area (Å²) in [6, 6.07) is 9.50. The summed E-state index contributed by atoms with van der Waals surface area (Å²) in [6.45, 7) is -3.02. The molecule has 10 heteroatoms. The van der Waals surface area contributed by atoms with E-state index in [9.17, 15) is 13.6 Å². The monoisotopic (exact) mass is 436 g/mol. The number of benzene rings is 2. The molecule has 0 atom stereocenters. The predicted octanol–water partition coefficient (Wildman–Crippen LogP) is 4.69. The fourth-order valence-corrected chi connectivity index (χ4v) is 3.41. The molecule has 0 aliphatic carbocycles. The molecule has 0 saturated carbocycles.